The van der Waals surface area contributed by atoms with Crippen LogP contribution in [0.1, 0.15) is 23.2 Å². The highest BCUT2D eigenvalue weighted by atomic mass is 35.5. The fourth-order valence-corrected chi connectivity index (χ4v) is 3.83. The molecule has 0 aliphatic heterocycles. The lowest BCUT2D eigenvalue weighted by molar-refractivity contribution is -0.127. The standard InChI is InChI=1S/C28H26ClN3O3/c29-22-9-13-25(14-10-22)35-24-11-6-21(7-12-24)16-27(33)26(15-8-20-4-2-1-3-5-20)32-28(34)17-23-18-30-19-31-23/h1-7,9-14,18-19,26H,8,15-17H2,(H,30,31)(H,32,34)/t26-/m0/s1. The van der Waals surface area contributed by atoms with Gasteiger partial charge in [-0.15, -0.1) is 0 Å². The molecule has 1 amide bonds. The molecule has 35 heavy (non-hydrogen) atoms. The van der Waals surface area contributed by atoms with Crippen molar-refractivity contribution in [3.8, 4) is 11.5 Å². The number of carbonyl (C=O) groups is 2. The molecule has 0 radical (unpaired) electrons. The monoisotopic (exact) mass is 487 g/mol. The number of aryl methyl sites for hydroxylation is 1. The number of imidazole rings is 1. The van der Waals surface area contributed by atoms with Crippen LogP contribution < -0.4 is 10.1 Å². The van der Waals surface area contributed by atoms with E-state index in [1.165, 1.54) is 6.33 Å². The third-order valence-electron chi connectivity index (χ3n) is 5.55. The zero-order valence-corrected chi connectivity index (χ0v) is 19.9. The Morgan fingerprint density at radius 3 is 2.23 bits per heavy atom. The molecule has 3 aromatic carbocycles. The second kappa shape index (κ2) is 12.0. The van der Waals surface area contributed by atoms with E-state index in [2.05, 4.69) is 15.3 Å². The van der Waals surface area contributed by atoms with Crippen molar-refractivity contribution < 1.29 is 14.3 Å². The predicted octanol–water partition coefficient (Wildman–Crippen LogP) is 5.33. The number of nitrogens with one attached hydrogen (secondary N) is 2. The molecule has 0 fully saturated rings. The molecule has 0 bridgehead atoms. The SMILES string of the molecule is O=C(Cc1cnc[nH]1)N[C@@H](CCc1ccccc1)C(=O)Cc1ccc(Oc2ccc(Cl)cc2)cc1. The van der Waals surface area contributed by atoms with Crippen LogP contribution in [-0.2, 0) is 28.9 Å². The lowest BCUT2D eigenvalue weighted by Crippen LogP contribution is -2.42. The maximum Gasteiger partial charge on any atom is 0.226 e. The molecule has 0 saturated heterocycles. The molecule has 6 nitrogen and oxygen atoms in total. The Morgan fingerprint density at radius 1 is 0.886 bits per heavy atom. The van der Waals surface area contributed by atoms with Crippen LogP contribution in [0.25, 0.3) is 0 Å². The van der Waals surface area contributed by atoms with Crippen LogP contribution >= 0.6 is 11.6 Å². The van der Waals surface area contributed by atoms with Crippen molar-refractivity contribution in [2.45, 2.75) is 31.7 Å². The third kappa shape index (κ3) is 7.55. The Labute approximate surface area is 209 Å². The molecule has 0 aliphatic rings. The first-order valence-corrected chi connectivity index (χ1v) is 11.8. The number of Topliss-reactive ketones (excluding diaryl/α,β-unsaturated/α-hetero) is 1. The summed E-state index contributed by atoms with van der Waals surface area (Å²) in [5.41, 5.74) is 2.68. The molecule has 1 atom stereocenters. The average Bonchev–Trinajstić information content (AvgIpc) is 3.38. The van der Waals surface area contributed by atoms with Crippen LogP contribution in [0, 0.1) is 0 Å². The molecule has 0 spiro atoms. The molecular weight excluding hydrogens is 462 g/mol. The van der Waals surface area contributed by atoms with Crippen LogP contribution in [0.15, 0.2) is 91.4 Å². The van der Waals surface area contributed by atoms with E-state index in [0.717, 1.165) is 11.1 Å². The van der Waals surface area contributed by atoms with E-state index in [1.807, 2.05) is 54.6 Å². The highest BCUT2D eigenvalue weighted by Gasteiger charge is 2.21. The first kappa shape index (κ1) is 24.2. The number of halogens is 1. The van der Waals surface area contributed by atoms with Crippen molar-refractivity contribution in [1.82, 2.24) is 15.3 Å². The van der Waals surface area contributed by atoms with Gasteiger partial charge >= 0.3 is 0 Å². The van der Waals surface area contributed by atoms with Crippen molar-refractivity contribution in [2.24, 2.45) is 0 Å². The number of hydrogen-bond acceptors (Lipinski definition) is 4. The van der Waals surface area contributed by atoms with E-state index in [-0.39, 0.29) is 24.5 Å². The van der Waals surface area contributed by atoms with Crippen LogP contribution in [0.2, 0.25) is 5.02 Å². The zero-order chi connectivity index (χ0) is 24.5. The zero-order valence-electron chi connectivity index (χ0n) is 19.1. The van der Waals surface area contributed by atoms with Crippen molar-refractivity contribution in [2.75, 3.05) is 0 Å². The first-order valence-electron chi connectivity index (χ1n) is 11.4. The summed E-state index contributed by atoms with van der Waals surface area (Å²) in [6, 6.07) is 23.8. The Hall–Kier alpha value is -3.90. The largest absolute Gasteiger partial charge is 0.457 e. The van der Waals surface area contributed by atoms with Crippen molar-refractivity contribution in [1.29, 1.82) is 0 Å². The second-order valence-corrected chi connectivity index (χ2v) is 8.68. The summed E-state index contributed by atoms with van der Waals surface area (Å²) in [6.45, 7) is 0. The maximum absolute atomic E-state index is 13.2. The van der Waals surface area contributed by atoms with Crippen molar-refractivity contribution >= 4 is 23.3 Å². The lowest BCUT2D eigenvalue weighted by Gasteiger charge is -2.18. The number of hydrogen-bond donors (Lipinski definition) is 2. The van der Waals surface area contributed by atoms with E-state index in [9.17, 15) is 9.59 Å². The molecule has 4 rings (SSSR count). The van der Waals surface area contributed by atoms with E-state index in [1.54, 1.807) is 30.5 Å². The predicted molar refractivity (Wildman–Crippen MR) is 136 cm³/mol. The smallest absolute Gasteiger partial charge is 0.226 e. The molecule has 1 aromatic heterocycles. The van der Waals surface area contributed by atoms with Gasteiger partial charge in [0.1, 0.15) is 11.5 Å². The second-order valence-electron chi connectivity index (χ2n) is 8.24. The van der Waals surface area contributed by atoms with Crippen LogP contribution in [0.3, 0.4) is 0 Å². The Morgan fingerprint density at radius 2 is 1.57 bits per heavy atom. The van der Waals surface area contributed by atoms with E-state index in [0.29, 0.717) is 35.1 Å². The molecule has 178 valence electrons. The molecule has 7 heteroatoms. The summed E-state index contributed by atoms with van der Waals surface area (Å²) in [6.07, 6.45) is 4.71. The van der Waals surface area contributed by atoms with Gasteiger partial charge in [0.2, 0.25) is 5.91 Å². The highest BCUT2D eigenvalue weighted by Crippen LogP contribution is 2.23. The number of benzene rings is 3. The molecule has 0 saturated carbocycles. The number of carbonyl (C=O) groups excluding carboxylic acids is 2. The topological polar surface area (TPSA) is 84.1 Å². The molecule has 2 N–H and O–H groups in total. The van der Waals surface area contributed by atoms with Crippen molar-refractivity contribution in [3.63, 3.8) is 0 Å². The van der Waals surface area contributed by atoms with Crippen molar-refractivity contribution in [3.05, 3.63) is 113 Å². The number of H-pyrrole nitrogens is 1. The maximum atomic E-state index is 13.2. The van der Waals surface area contributed by atoms with Crippen LogP contribution in [0.4, 0.5) is 0 Å². The Bertz CT molecular complexity index is 1220. The van der Waals surface area contributed by atoms with Gasteiger partial charge in [-0.2, -0.15) is 0 Å². The average molecular weight is 488 g/mol. The van der Waals surface area contributed by atoms with Gasteiger partial charge < -0.3 is 15.0 Å². The van der Waals surface area contributed by atoms with Crippen LogP contribution in [0.5, 0.6) is 11.5 Å². The highest BCUT2D eigenvalue weighted by molar-refractivity contribution is 6.30. The number of rotatable bonds is 11. The normalized spacial score (nSPS) is 11.6. The lowest BCUT2D eigenvalue weighted by atomic mass is 9.97. The minimum Gasteiger partial charge on any atom is -0.457 e. The van der Waals surface area contributed by atoms with Gasteiger partial charge in [-0.25, -0.2) is 4.98 Å². The first-order chi connectivity index (χ1) is 17.0. The van der Waals surface area contributed by atoms with Gasteiger partial charge in [0.25, 0.3) is 0 Å². The summed E-state index contributed by atoms with van der Waals surface area (Å²) >= 11 is 5.92. The van der Waals surface area contributed by atoms with Gasteiger partial charge in [0.05, 0.1) is 18.8 Å². The number of amides is 1. The number of aromatic amines is 1. The van der Waals surface area contributed by atoms with Gasteiger partial charge in [-0.1, -0.05) is 54.1 Å². The quantitative estimate of drug-likeness (QED) is 0.299. The minimum atomic E-state index is -0.587. The number of ether oxygens (including phenoxy) is 1. The molecule has 1 heterocycles. The number of aromatic nitrogens is 2. The number of nitrogens with zero attached hydrogens (tertiary/aromatic N) is 1. The summed E-state index contributed by atoms with van der Waals surface area (Å²) < 4.78 is 5.82. The third-order valence-corrected chi connectivity index (χ3v) is 5.80. The fraction of sp³-hybridized carbons (Fsp3) is 0.179. The van der Waals surface area contributed by atoms with Gasteiger partial charge in [-0.05, 0) is 60.4 Å². The molecule has 0 aliphatic carbocycles. The Balaban J connectivity index is 1.39. The summed E-state index contributed by atoms with van der Waals surface area (Å²) in [7, 11) is 0. The summed E-state index contributed by atoms with van der Waals surface area (Å²) in [4.78, 5) is 32.7. The number of ketones is 1. The van der Waals surface area contributed by atoms with E-state index >= 15 is 0 Å². The molecule has 4 aromatic rings. The van der Waals surface area contributed by atoms with Gasteiger partial charge in [0, 0.05) is 23.3 Å². The molecular formula is C28H26ClN3O3. The fourth-order valence-electron chi connectivity index (χ4n) is 3.71. The van der Waals surface area contributed by atoms with Gasteiger partial charge in [-0.3, -0.25) is 9.59 Å². The van der Waals surface area contributed by atoms with Gasteiger partial charge in [0.15, 0.2) is 5.78 Å². The molecule has 0 unspecified atom stereocenters. The van der Waals surface area contributed by atoms with E-state index < -0.39 is 6.04 Å². The summed E-state index contributed by atoms with van der Waals surface area (Å²) in [5, 5.41) is 3.57. The minimum absolute atomic E-state index is 0.0368. The van der Waals surface area contributed by atoms with Crippen LogP contribution in [-0.4, -0.2) is 27.7 Å². The van der Waals surface area contributed by atoms with E-state index in [4.69, 9.17) is 16.3 Å². The Kier molecular flexibility index (Phi) is 8.30. The summed E-state index contributed by atoms with van der Waals surface area (Å²) in [5.74, 6) is 1.09.